The molecule has 2 heterocycles. The van der Waals surface area contributed by atoms with E-state index >= 15 is 0 Å². The summed E-state index contributed by atoms with van der Waals surface area (Å²) >= 11 is 0. The number of benzene rings is 1. The van der Waals surface area contributed by atoms with Crippen LogP contribution in [0.2, 0.25) is 0 Å². The summed E-state index contributed by atoms with van der Waals surface area (Å²) in [5.74, 6) is 2.12. The van der Waals surface area contributed by atoms with Crippen LogP contribution in [0.4, 0.5) is 19.0 Å². The molecular weight excluding hydrogens is 325 g/mol. The van der Waals surface area contributed by atoms with Gasteiger partial charge in [0.25, 0.3) is 0 Å². The number of nitrogens with zero attached hydrogens (tertiary/aromatic N) is 2. The van der Waals surface area contributed by atoms with Crippen molar-refractivity contribution in [3.8, 4) is 0 Å². The predicted octanol–water partition coefficient (Wildman–Crippen LogP) is 5.04. The lowest BCUT2D eigenvalue weighted by atomic mass is 9.92. The van der Waals surface area contributed by atoms with E-state index in [0.717, 1.165) is 32.0 Å². The monoisotopic (exact) mass is 346 g/mol. The summed E-state index contributed by atoms with van der Waals surface area (Å²) in [6, 6.07) is 12.7. The Morgan fingerprint density at radius 3 is 2.28 bits per heavy atom. The minimum absolute atomic E-state index is 0.455. The molecule has 1 aliphatic carbocycles. The molecule has 0 amide bonds. The molecule has 5 heteroatoms. The van der Waals surface area contributed by atoms with Crippen molar-refractivity contribution in [2.75, 3.05) is 18.0 Å². The number of fused-ring (bicyclic) bond motifs is 1. The van der Waals surface area contributed by atoms with E-state index < -0.39 is 11.9 Å². The summed E-state index contributed by atoms with van der Waals surface area (Å²) in [6.45, 7) is 3.77. The molecule has 2 nitrogen and oxygen atoms in total. The topological polar surface area (TPSA) is 16.1 Å². The number of aromatic nitrogens is 1. The Morgan fingerprint density at radius 2 is 1.64 bits per heavy atom. The zero-order valence-electron chi connectivity index (χ0n) is 14.1. The molecule has 0 radical (unpaired) electrons. The maximum atomic E-state index is 12.9. The SMILES string of the molecule is Cc1ccccc1C1CC2CN(c3cccc(C(F)(F)F)n3)CC2C1. The molecule has 2 unspecified atom stereocenters. The fourth-order valence-electron chi connectivity index (χ4n) is 4.54. The van der Waals surface area contributed by atoms with Crippen LogP contribution < -0.4 is 4.90 Å². The highest BCUT2D eigenvalue weighted by Crippen LogP contribution is 2.47. The average molecular weight is 346 g/mol. The first-order chi connectivity index (χ1) is 11.9. The summed E-state index contributed by atoms with van der Waals surface area (Å²) in [5, 5.41) is 0. The van der Waals surface area contributed by atoms with Crippen molar-refractivity contribution in [1.82, 2.24) is 4.98 Å². The Morgan fingerprint density at radius 1 is 0.960 bits per heavy atom. The van der Waals surface area contributed by atoms with Crippen LogP contribution in [0.5, 0.6) is 0 Å². The molecule has 2 atom stereocenters. The van der Waals surface area contributed by atoms with Gasteiger partial charge in [0.05, 0.1) is 0 Å². The lowest BCUT2D eigenvalue weighted by molar-refractivity contribution is -0.141. The highest BCUT2D eigenvalue weighted by atomic mass is 19.4. The maximum Gasteiger partial charge on any atom is 0.433 e. The quantitative estimate of drug-likeness (QED) is 0.757. The third kappa shape index (κ3) is 3.12. The van der Waals surface area contributed by atoms with E-state index in [1.165, 1.54) is 17.2 Å². The largest absolute Gasteiger partial charge is 0.433 e. The minimum atomic E-state index is -4.39. The van der Waals surface area contributed by atoms with Crippen LogP contribution in [0.1, 0.15) is 35.6 Å². The van der Waals surface area contributed by atoms with Crippen molar-refractivity contribution in [3.05, 3.63) is 59.3 Å². The molecule has 1 aromatic heterocycles. The molecule has 4 rings (SSSR count). The van der Waals surface area contributed by atoms with Gasteiger partial charge in [-0.1, -0.05) is 30.3 Å². The second-order valence-corrected chi connectivity index (χ2v) is 7.33. The normalized spacial score (nSPS) is 26.1. The van der Waals surface area contributed by atoms with Gasteiger partial charge in [-0.15, -0.1) is 0 Å². The van der Waals surface area contributed by atoms with E-state index in [9.17, 15) is 13.2 Å². The van der Waals surface area contributed by atoms with E-state index in [0.29, 0.717) is 23.6 Å². The third-order valence-corrected chi connectivity index (χ3v) is 5.73. The smallest absolute Gasteiger partial charge is 0.356 e. The third-order valence-electron chi connectivity index (χ3n) is 5.73. The molecule has 1 saturated heterocycles. The molecule has 25 heavy (non-hydrogen) atoms. The van der Waals surface area contributed by atoms with Crippen LogP contribution >= 0.6 is 0 Å². The van der Waals surface area contributed by atoms with E-state index in [-0.39, 0.29) is 0 Å². The Balaban J connectivity index is 1.47. The minimum Gasteiger partial charge on any atom is -0.356 e. The maximum absolute atomic E-state index is 12.9. The Bertz CT molecular complexity index is 758. The van der Waals surface area contributed by atoms with E-state index in [2.05, 4.69) is 36.2 Å². The first-order valence-electron chi connectivity index (χ1n) is 8.76. The van der Waals surface area contributed by atoms with Gasteiger partial charge in [-0.25, -0.2) is 4.98 Å². The number of alkyl halides is 3. The summed E-state index contributed by atoms with van der Waals surface area (Å²) in [5.41, 5.74) is 1.96. The molecule has 1 saturated carbocycles. The Kier molecular flexibility index (Phi) is 3.97. The number of pyridine rings is 1. The number of aryl methyl sites for hydroxylation is 1. The average Bonchev–Trinajstić information content (AvgIpc) is 3.13. The zero-order valence-corrected chi connectivity index (χ0v) is 14.1. The fraction of sp³-hybridized carbons (Fsp3) is 0.450. The number of rotatable bonds is 2. The molecule has 132 valence electrons. The highest BCUT2D eigenvalue weighted by Gasteiger charge is 2.42. The second-order valence-electron chi connectivity index (χ2n) is 7.33. The lowest BCUT2D eigenvalue weighted by Gasteiger charge is -2.21. The van der Waals surface area contributed by atoms with Gasteiger partial charge in [-0.05, 0) is 60.8 Å². The molecule has 0 spiro atoms. The molecule has 2 fully saturated rings. The van der Waals surface area contributed by atoms with Gasteiger partial charge in [0.2, 0.25) is 0 Å². The van der Waals surface area contributed by atoms with Crippen molar-refractivity contribution < 1.29 is 13.2 Å². The number of hydrogen-bond donors (Lipinski definition) is 0. The molecular formula is C20H21F3N2. The Labute approximate surface area is 145 Å². The van der Waals surface area contributed by atoms with Crippen LogP contribution in [0.3, 0.4) is 0 Å². The van der Waals surface area contributed by atoms with Gasteiger partial charge in [0, 0.05) is 13.1 Å². The second kappa shape index (κ2) is 6.04. The van der Waals surface area contributed by atoms with E-state index in [4.69, 9.17) is 0 Å². The van der Waals surface area contributed by atoms with E-state index in [1.54, 1.807) is 6.07 Å². The first kappa shape index (κ1) is 16.4. The van der Waals surface area contributed by atoms with Gasteiger partial charge in [-0.2, -0.15) is 13.2 Å². The molecule has 0 N–H and O–H groups in total. The summed E-state index contributed by atoms with van der Waals surface area (Å²) < 4.78 is 38.6. The molecule has 2 aliphatic rings. The van der Waals surface area contributed by atoms with Crippen LogP contribution in [0.15, 0.2) is 42.5 Å². The van der Waals surface area contributed by atoms with Gasteiger partial charge in [-0.3, -0.25) is 0 Å². The van der Waals surface area contributed by atoms with E-state index in [1.807, 2.05) is 4.90 Å². The van der Waals surface area contributed by atoms with Gasteiger partial charge in [0.1, 0.15) is 11.5 Å². The van der Waals surface area contributed by atoms with Crippen LogP contribution in [0.25, 0.3) is 0 Å². The standard InChI is InChI=1S/C20H21F3N2/c1-13-5-2-3-6-17(13)14-9-15-11-25(12-16(15)10-14)19-8-4-7-18(24-19)20(21,22)23/h2-8,14-16H,9-12H2,1H3. The van der Waals surface area contributed by atoms with Crippen molar-refractivity contribution in [2.24, 2.45) is 11.8 Å². The van der Waals surface area contributed by atoms with Crippen molar-refractivity contribution in [1.29, 1.82) is 0 Å². The predicted molar refractivity (Wildman–Crippen MR) is 91.6 cm³/mol. The van der Waals surface area contributed by atoms with Gasteiger partial charge in [0.15, 0.2) is 0 Å². The number of hydrogen-bond acceptors (Lipinski definition) is 2. The first-order valence-corrected chi connectivity index (χ1v) is 8.76. The summed E-state index contributed by atoms with van der Waals surface area (Å²) in [7, 11) is 0. The molecule has 1 aromatic carbocycles. The number of anilines is 1. The summed E-state index contributed by atoms with van der Waals surface area (Å²) in [6.07, 6.45) is -2.16. The van der Waals surface area contributed by atoms with Gasteiger partial charge < -0.3 is 4.90 Å². The molecule has 0 bridgehead atoms. The van der Waals surface area contributed by atoms with Crippen molar-refractivity contribution >= 4 is 5.82 Å². The van der Waals surface area contributed by atoms with Crippen LogP contribution in [-0.2, 0) is 6.18 Å². The molecule has 1 aliphatic heterocycles. The zero-order chi connectivity index (χ0) is 17.6. The highest BCUT2D eigenvalue weighted by molar-refractivity contribution is 5.42. The Hall–Kier alpha value is -2.04. The molecule has 2 aromatic rings. The van der Waals surface area contributed by atoms with Crippen molar-refractivity contribution in [3.63, 3.8) is 0 Å². The van der Waals surface area contributed by atoms with Gasteiger partial charge >= 0.3 is 6.18 Å². The summed E-state index contributed by atoms with van der Waals surface area (Å²) in [4.78, 5) is 5.87. The number of halogens is 3. The van der Waals surface area contributed by atoms with Crippen LogP contribution in [-0.4, -0.2) is 18.1 Å². The van der Waals surface area contributed by atoms with Crippen molar-refractivity contribution in [2.45, 2.75) is 31.9 Å². The lowest BCUT2D eigenvalue weighted by Crippen LogP contribution is -2.23. The van der Waals surface area contributed by atoms with Crippen LogP contribution in [0, 0.1) is 18.8 Å². The fourth-order valence-corrected chi connectivity index (χ4v) is 4.54.